The molecule has 1 aliphatic heterocycles. The average Bonchev–Trinajstić information content (AvgIpc) is 2.89. The number of carbonyl (C=O) groups is 4. The van der Waals surface area contributed by atoms with Crippen LogP contribution in [-0.4, -0.2) is 29.0 Å². The van der Waals surface area contributed by atoms with Crippen molar-refractivity contribution in [3.8, 4) is 5.75 Å². The van der Waals surface area contributed by atoms with Gasteiger partial charge in [-0.1, -0.05) is 18.2 Å². The third-order valence-electron chi connectivity index (χ3n) is 3.84. The molecule has 2 aromatic carbocycles. The number of hydrogen-bond donors (Lipinski definition) is 0. The minimum Gasteiger partial charge on any atom is -0.545 e. The molecule has 3 rings (SSSR count). The second-order valence-electron chi connectivity index (χ2n) is 5.75. The summed E-state index contributed by atoms with van der Waals surface area (Å²) in [6.45, 7) is 1.27. The van der Waals surface area contributed by atoms with Crippen LogP contribution in [0.1, 0.15) is 23.7 Å². The zero-order valence-corrected chi connectivity index (χ0v) is 15.0. The van der Waals surface area contributed by atoms with E-state index in [-0.39, 0.29) is 17.9 Å². The van der Waals surface area contributed by atoms with E-state index in [2.05, 4.69) is 0 Å². The van der Waals surface area contributed by atoms with Gasteiger partial charge in [0.1, 0.15) is 5.75 Å². The van der Waals surface area contributed by atoms with E-state index in [9.17, 15) is 24.3 Å². The smallest absolute Gasteiger partial charge is 0.308 e. The third kappa shape index (κ3) is 4.01. The molecule has 1 fully saturated rings. The molecule has 1 saturated heterocycles. The molecule has 0 N–H and O–H groups in total. The van der Waals surface area contributed by atoms with Gasteiger partial charge in [-0.2, -0.15) is 0 Å². The summed E-state index contributed by atoms with van der Waals surface area (Å²) in [5.41, 5.74) is 0.337. The summed E-state index contributed by atoms with van der Waals surface area (Å²) >= 11 is 1.03. The van der Waals surface area contributed by atoms with E-state index in [1.54, 1.807) is 18.2 Å². The van der Waals surface area contributed by atoms with Crippen LogP contribution < -0.4 is 14.7 Å². The number of esters is 1. The predicted octanol–water partition coefficient (Wildman–Crippen LogP) is 1.40. The molecule has 2 amide bonds. The highest BCUT2D eigenvalue weighted by atomic mass is 32.2. The van der Waals surface area contributed by atoms with Crippen LogP contribution in [-0.2, 0) is 14.4 Å². The zero-order valence-electron chi connectivity index (χ0n) is 14.2. The SMILES string of the molecule is CC(=O)Oc1ccc(N2C(=O)C[C@H](Sc3ccccc3C(=O)[O-])C2=O)cc1. The van der Waals surface area contributed by atoms with Gasteiger partial charge >= 0.3 is 5.97 Å². The molecule has 0 unspecified atom stereocenters. The van der Waals surface area contributed by atoms with Crippen molar-refractivity contribution in [1.29, 1.82) is 0 Å². The van der Waals surface area contributed by atoms with E-state index in [0.29, 0.717) is 16.3 Å². The van der Waals surface area contributed by atoms with E-state index >= 15 is 0 Å². The maximum atomic E-state index is 12.7. The first-order valence-electron chi connectivity index (χ1n) is 7.99. The highest BCUT2D eigenvalue weighted by molar-refractivity contribution is 8.00. The number of amides is 2. The molecular weight excluding hydrogens is 370 g/mol. The van der Waals surface area contributed by atoms with Crippen LogP contribution in [0.2, 0.25) is 0 Å². The largest absolute Gasteiger partial charge is 0.545 e. The summed E-state index contributed by atoms with van der Waals surface area (Å²) < 4.78 is 4.93. The molecule has 0 saturated carbocycles. The fourth-order valence-corrected chi connectivity index (χ4v) is 3.86. The van der Waals surface area contributed by atoms with Crippen molar-refractivity contribution in [2.45, 2.75) is 23.5 Å². The molecule has 8 heteroatoms. The van der Waals surface area contributed by atoms with Gasteiger partial charge in [-0.25, -0.2) is 4.90 Å². The summed E-state index contributed by atoms with van der Waals surface area (Å²) in [6.07, 6.45) is -0.0451. The first kappa shape index (κ1) is 18.7. The Kier molecular flexibility index (Phi) is 5.27. The van der Waals surface area contributed by atoms with Crippen LogP contribution in [0.5, 0.6) is 5.75 Å². The third-order valence-corrected chi connectivity index (χ3v) is 5.10. The van der Waals surface area contributed by atoms with Crippen molar-refractivity contribution in [2.75, 3.05) is 4.90 Å². The van der Waals surface area contributed by atoms with Gasteiger partial charge in [0.05, 0.1) is 16.9 Å². The van der Waals surface area contributed by atoms with Crippen molar-refractivity contribution in [3.05, 3.63) is 54.1 Å². The molecule has 0 bridgehead atoms. The van der Waals surface area contributed by atoms with E-state index in [1.165, 1.54) is 37.3 Å². The Morgan fingerprint density at radius 3 is 2.41 bits per heavy atom. The number of thioether (sulfide) groups is 1. The predicted molar refractivity (Wildman–Crippen MR) is 95.3 cm³/mol. The van der Waals surface area contributed by atoms with Gasteiger partial charge in [0.25, 0.3) is 0 Å². The molecule has 0 aromatic heterocycles. The number of nitrogens with zero attached hydrogens (tertiary/aromatic N) is 1. The highest BCUT2D eigenvalue weighted by Gasteiger charge is 2.40. The number of imide groups is 1. The number of anilines is 1. The first-order valence-corrected chi connectivity index (χ1v) is 8.87. The number of carboxylic acids is 1. The number of carboxylic acid groups (broad SMARTS) is 1. The lowest BCUT2D eigenvalue weighted by Crippen LogP contribution is -2.31. The fraction of sp³-hybridized carbons (Fsp3) is 0.158. The van der Waals surface area contributed by atoms with Gasteiger partial charge < -0.3 is 14.6 Å². The van der Waals surface area contributed by atoms with Gasteiger partial charge in [0, 0.05) is 23.8 Å². The van der Waals surface area contributed by atoms with Crippen LogP contribution in [0.4, 0.5) is 5.69 Å². The molecule has 27 heavy (non-hydrogen) atoms. The lowest BCUT2D eigenvalue weighted by Gasteiger charge is -2.16. The van der Waals surface area contributed by atoms with Gasteiger partial charge in [0.15, 0.2) is 0 Å². The molecule has 0 radical (unpaired) electrons. The summed E-state index contributed by atoms with van der Waals surface area (Å²) in [5.74, 6) is -2.33. The van der Waals surface area contributed by atoms with Gasteiger partial charge in [0.2, 0.25) is 11.8 Å². The van der Waals surface area contributed by atoms with Crippen LogP contribution in [0, 0.1) is 0 Å². The second kappa shape index (κ2) is 7.63. The van der Waals surface area contributed by atoms with Crippen LogP contribution in [0.15, 0.2) is 53.4 Å². The van der Waals surface area contributed by atoms with Crippen LogP contribution in [0.25, 0.3) is 0 Å². The number of carbonyl (C=O) groups excluding carboxylic acids is 4. The van der Waals surface area contributed by atoms with Crippen molar-refractivity contribution < 1.29 is 29.0 Å². The molecule has 138 valence electrons. The standard InChI is InChI=1S/C19H15NO6S/c1-11(21)26-13-8-6-12(7-9-13)20-17(22)10-16(18(20)23)27-15-5-3-2-4-14(15)19(24)25/h2-9,16H,10H2,1H3,(H,24,25)/p-1/t16-/m0/s1. The molecule has 1 aliphatic rings. The lowest BCUT2D eigenvalue weighted by atomic mass is 10.2. The maximum Gasteiger partial charge on any atom is 0.308 e. The number of ether oxygens (including phenoxy) is 1. The van der Waals surface area contributed by atoms with Crippen molar-refractivity contribution in [1.82, 2.24) is 0 Å². The molecule has 0 aliphatic carbocycles. The Labute approximate surface area is 158 Å². The Hall–Kier alpha value is -3.13. The van der Waals surface area contributed by atoms with Crippen molar-refractivity contribution in [3.63, 3.8) is 0 Å². The van der Waals surface area contributed by atoms with E-state index in [0.717, 1.165) is 16.7 Å². The highest BCUT2D eigenvalue weighted by Crippen LogP contribution is 2.35. The average molecular weight is 384 g/mol. The monoisotopic (exact) mass is 384 g/mol. The Morgan fingerprint density at radius 1 is 1.11 bits per heavy atom. The number of aromatic carboxylic acids is 1. The van der Waals surface area contributed by atoms with Crippen LogP contribution in [0.3, 0.4) is 0 Å². The second-order valence-corrected chi connectivity index (χ2v) is 6.99. The maximum absolute atomic E-state index is 12.7. The molecule has 7 nitrogen and oxygen atoms in total. The topological polar surface area (TPSA) is 104 Å². The zero-order chi connectivity index (χ0) is 19.6. The molecular formula is C19H14NO6S-. The summed E-state index contributed by atoms with van der Waals surface area (Å²) in [7, 11) is 0. The Morgan fingerprint density at radius 2 is 1.78 bits per heavy atom. The summed E-state index contributed by atoms with van der Waals surface area (Å²) in [6, 6.07) is 12.2. The molecule has 0 spiro atoms. The van der Waals surface area contributed by atoms with E-state index in [1.807, 2.05) is 0 Å². The van der Waals surface area contributed by atoms with Gasteiger partial charge in [-0.15, -0.1) is 11.8 Å². The minimum atomic E-state index is -1.34. The van der Waals surface area contributed by atoms with Gasteiger partial charge in [-0.3, -0.25) is 14.4 Å². The summed E-state index contributed by atoms with van der Waals surface area (Å²) in [5, 5.41) is 10.5. The first-order chi connectivity index (χ1) is 12.9. The molecule has 1 heterocycles. The quantitative estimate of drug-likeness (QED) is 0.436. The van der Waals surface area contributed by atoms with Crippen molar-refractivity contribution in [2.24, 2.45) is 0 Å². The number of hydrogen-bond acceptors (Lipinski definition) is 7. The molecule has 1 atom stereocenters. The number of rotatable bonds is 5. The normalized spacial score (nSPS) is 16.5. The lowest BCUT2D eigenvalue weighted by molar-refractivity contribution is -0.255. The Bertz CT molecular complexity index is 924. The van der Waals surface area contributed by atoms with E-state index in [4.69, 9.17) is 4.74 Å². The minimum absolute atomic E-state index is 0.0214. The fourth-order valence-electron chi connectivity index (χ4n) is 2.69. The summed E-state index contributed by atoms with van der Waals surface area (Å²) in [4.78, 5) is 48.6. The number of benzene rings is 2. The van der Waals surface area contributed by atoms with E-state index < -0.39 is 23.1 Å². The van der Waals surface area contributed by atoms with Crippen molar-refractivity contribution >= 4 is 41.2 Å². The Balaban J connectivity index is 1.79. The molecule has 2 aromatic rings. The van der Waals surface area contributed by atoms with Crippen LogP contribution >= 0.6 is 11.8 Å². The van der Waals surface area contributed by atoms with Gasteiger partial charge in [-0.05, 0) is 30.3 Å².